The Balaban J connectivity index is 1.78. The largest absolute Gasteiger partial charge is 0.452 e. The molecule has 0 spiro atoms. The number of nitrogens with one attached hydrogen (secondary N) is 1. The van der Waals surface area contributed by atoms with E-state index < -0.39 is 23.4 Å². The molecular formula is C18H18N2O5. The fraction of sp³-hybridized carbons (Fsp3) is 0.222. The quantitative estimate of drug-likeness (QED) is 0.473. The molecule has 0 bridgehead atoms. The summed E-state index contributed by atoms with van der Waals surface area (Å²) in [5.74, 6) is -1.10. The van der Waals surface area contributed by atoms with Gasteiger partial charge in [0.15, 0.2) is 6.61 Å². The summed E-state index contributed by atoms with van der Waals surface area (Å²) in [5, 5.41) is 13.4. The maximum absolute atomic E-state index is 11.9. The highest BCUT2D eigenvalue weighted by atomic mass is 16.6. The maximum atomic E-state index is 11.9. The van der Waals surface area contributed by atoms with Gasteiger partial charge in [-0.05, 0) is 31.0 Å². The molecule has 130 valence electrons. The Hall–Kier alpha value is -3.22. The first-order valence-corrected chi connectivity index (χ1v) is 7.70. The summed E-state index contributed by atoms with van der Waals surface area (Å²) in [4.78, 5) is 33.8. The fourth-order valence-corrected chi connectivity index (χ4v) is 2.24. The van der Waals surface area contributed by atoms with Crippen LogP contribution in [-0.4, -0.2) is 30.0 Å². The first-order valence-electron chi connectivity index (χ1n) is 7.70. The van der Waals surface area contributed by atoms with Gasteiger partial charge in [-0.3, -0.25) is 14.9 Å². The van der Waals surface area contributed by atoms with Crippen LogP contribution in [0.1, 0.15) is 21.5 Å². The minimum absolute atomic E-state index is 0.0739. The van der Waals surface area contributed by atoms with Gasteiger partial charge in [-0.15, -0.1) is 0 Å². The number of rotatable bonds is 7. The second-order valence-corrected chi connectivity index (χ2v) is 5.42. The summed E-state index contributed by atoms with van der Waals surface area (Å²) in [6, 6.07) is 13.6. The van der Waals surface area contributed by atoms with Gasteiger partial charge < -0.3 is 10.1 Å². The summed E-state index contributed by atoms with van der Waals surface area (Å²) < 4.78 is 4.93. The van der Waals surface area contributed by atoms with Crippen LogP contribution in [0.2, 0.25) is 0 Å². The van der Waals surface area contributed by atoms with Crippen LogP contribution in [0.5, 0.6) is 0 Å². The van der Waals surface area contributed by atoms with Crippen molar-refractivity contribution in [1.82, 2.24) is 5.32 Å². The lowest BCUT2D eigenvalue weighted by Gasteiger charge is -2.07. The van der Waals surface area contributed by atoms with E-state index in [1.807, 2.05) is 30.3 Å². The van der Waals surface area contributed by atoms with Gasteiger partial charge in [0.05, 0.1) is 10.5 Å². The molecule has 0 heterocycles. The average Bonchev–Trinajstić information content (AvgIpc) is 2.60. The molecule has 7 nitrogen and oxygen atoms in total. The van der Waals surface area contributed by atoms with E-state index in [4.69, 9.17) is 4.74 Å². The van der Waals surface area contributed by atoms with Gasteiger partial charge in [-0.25, -0.2) is 4.79 Å². The molecule has 0 aliphatic carbocycles. The molecule has 0 fully saturated rings. The predicted octanol–water partition coefficient (Wildman–Crippen LogP) is 2.42. The molecule has 0 aliphatic heterocycles. The molecule has 0 unspecified atom stereocenters. The lowest BCUT2D eigenvalue weighted by Crippen LogP contribution is -2.30. The van der Waals surface area contributed by atoms with Gasteiger partial charge in [-0.1, -0.05) is 30.3 Å². The number of carbonyl (C=O) groups is 2. The Morgan fingerprint density at radius 3 is 2.52 bits per heavy atom. The van der Waals surface area contributed by atoms with Crippen LogP contribution in [0.25, 0.3) is 0 Å². The van der Waals surface area contributed by atoms with Crippen molar-refractivity contribution in [2.45, 2.75) is 13.3 Å². The smallest absolute Gasteiger partial charge is 0.338 e. The SMILES string of the molecule is Cc1cc(C(=O)OCC(=O)NCCc2ccccc2)ccc1[N+](=O)[O-]. The summed E-state index contributed by atoms with van der Waals surface area (Å²) in [6.07, 6.45) is 0.683. The van der Waals surface area contributed by atoms with Crippen LogP contribution in [-0.2, 0) is 16.0 Å². The number of aryl methyl sites for hydroxylation is 1. The lowest BCUT2D eigenvalue weighted by molar-refractivity contribution is -0.385. The highest BCUT2D eigenvalue weighted by molar-refractivity contribution is 5.91. The molecule has 2 aromatic rings. The monoisotopic (exact) mass is 342 g/mol. The van der Waals surface area contributed by atoms with E-state index in [9.17, 15) is 19.7 Å². The Bertz CT molecular complexity index is 774. The summed E-state index contributed by atoms with van der Waals surface area (Å²) in [6.45, 7) is 1.58. The van der Waals surface area contributed by atoms with E-state index in [1.165, 1.54) is 25.1 Å². The summed E-state index contributed by atoms with van der Waals surface area (Å²) in [5.41, 5.74) is 1.54. The second kappa shape index (κ2) is 8.58. The number of benzene rings is 2. The number of nitro groups is 1. The summed E-state index contributed by atoms with van der Waals surface area (Å²) >= 11 is 0. The molecule has 0 atom stereocenters. The molecule has 2 aromatic carbocycles. The van der Waals surface area contributed by atoms with Crippen LogP contribution in [0.15, 0.2) is 48.5 Å². The number of hydrogen-bond donors (Lipinski definition) is 1. The Morgan fingerprint density at radius 2 is 1.88 bits per heavy atom. The Kier molecular flexibility index (Phi) is 6.22. The zero-order valence-electron chi connectivity index (χ0n) is 13.7. The van der Waals surface area contributed by atoms with E-state index >= 15 is 0 Å². The van der Waals surface area contributed by atoms with Crippen LogP contribution < -0.4 is 5.32 Å². The second-order valence-electron chi connectivity index (χ2n) is 5.42. The molecule has 0 saturated heterocycles. The van der Waals surface area contributed by atoms with Crippen LogP contribution >= 0.6 is 0 Å². The average molecular weight is 342 g/mol. The maximum Gasteiger partial charge on any atom is 0.338 e. The minimum Gasteiger partial charge on any atom is -0.452 e. The van der Waals surface area contributed by atoms with Crippen LogP contribution in [0.4, 0.5) is 5.69 Å². The predicted molar refractivity (Wildman–Crippen MR) is 91.3 cm³/mol. The number of nitro benzene ring substituents is 1. The van der Waals surface area contributed by atoms with Gasteiger partial charge >= 0.3 is 5.97 Å². The van der Waals surface area contributed by atoms with Crippen LogP contribution in [0, 0.1) is 17.0 Å². The first kappa shape index (κ1) is 18.1. The molecule has 1 amide bonds. The topological polar surface area (TPSA) is 98.5 Å². The van der Waals surface area contributed by atoms with E-state index in [2.05, 4.69) is 5.32 Å². The molecule has 0 aromatic heterocycles. The summed E-state index contributed by atoms with van der Waals surface area (Å²) in [7, 11) is 0. The van der Waals surface area contributed by atoms with Crippen molar-refractivity contribution < 1.29 is 19.2 Å². The van der Waals surface area contributed by atoms with E-state index in [1.54, 1.807) is 0 Å². The van der Waals surface area contributed by atoms with Crippen molar-refractivity contribution in [2.75, 3.05) is 13.2 Å². The highest BCUT2D eigenvalue weighted by Gasteiger charge is 2.15. The molecule has 0 aliphatic rings. The van der Waals surface area contributed by atoms with Gasteiger partial charge in [0.2, 0.25) is 0 Å². The van der Waals surface area contributed by atoms with Crippen molar-refractivity contribution >= 4 is 17.6 Å². The Labute approximate surface area is 144 Å². The van der Waals surface area contributed by atoms with Gasteiger partial charge in [0, 0.05) is 18.2 Å². The number of nitrogens with zero attached hydrogens (tertiary/aromatic N) is 1. The van der Waals surface area contributed by atoms with E-state index in [0.29, 0.717) is 18.5 Å². The van der Waals surface area contributed by atoms with Gasteiger partial charge in [0.1, 0.15) is 0 Å². The zero-order chi connectivity index (χ0) is 18.2. The van der Waals surface area contributed by atoms with Crippen molar-refractivity contribution in [3.63, 3.8) is 0 Å². The minimum atomic E-state index is -0.698. The molecular weight excluding hydrogens is 324 g/mol. The standard InChI is InChI=1S/C18H18N2O5/c1-13-11-15(7-8-16(13)20(23)24)18(22)25-12-17(21)19-10-9-14-5-3-2-4-6-14/h2-8,11H,9-10,12H2,1H3,(H,19,21). The molecule has 0 radical (unpaired) electrons. The zero-order valence-corrected chi connectivity index (χ0v) is 13.7. The molecule has 25 heavy (non-hydrogen) atoms. The number of esters is 1. The molecule has 7 heteroatoms. The van der Waals surface area contributed by atoms with Crippen LogP contribution in [0.3, 0.4) is 0 Å². The van der Waals surface area contributed by atoms with Crippen molar-refractivity contribution in [3.05, 3.63) is 75.3 Å². The Morgan fingerprint density at radius 1 is 1.16 bits per heavy atom. The van der Waals surface area contributed by atoms with Gasteiger partial charge in [-0.2, -0.15) is 0 Å². The highest BCUT2D eigenvalue weighted by Crippen LogP contribution is 2.19. The van der Waals surface area contributed by atoms with Crippen molar-refractivity contribution in [3.8, 4) is 0 Å². The first-order chi connectivity index (χ1) is 12.0. The lowest BCUT2D eigenvalue weighted by atomic mass is 10.1. The number of carbonyl (C=O) groups excluding carboxylic acids is 2. The number of ether oxygens (including phenoxy) is 1. The third-order valence-electron chi connectivity index (χ3n) is 3.54. The van der Waals surface area contributed by atoms with Gasteiger partial charge in [0.25, 0.3) is 11.6 Å². The molecule has 1 N–H and O–H groups in total. The molecule has 0 saturated carbocycles. The fourth-order valence-electron chi connectivity index (χ4n) is 2.24. The van der Waals surface area contributed by atoms with E-state index in [-0.39, 0.29) is 11.3 Å². The third-order valence-corrected chi connectivity index (χ3v) is 3.54. The van der Waals surface area contributed by atoms with E-state index in [0.717, 1.165) is 5.56 Å². The molecule has 2 rings (SSSR count). The number of amides is 1. The number of hydrogen-bond acceptors (Lipinski definition) is 5. The third kappa shape index (κ3) is 5.42. The van der Waals surface area contributed by atoms with Crippen molar-refractivity contribution in [2.24, 2.45) is 0 Å². The normalized spacial score (nSPS) is 10.1. The van der Waals surface area contributed by atoms with Crippen molar-refractivity contribution in [1.29, 1.82) is 0 Å².